The number of rotatable bonds is 5. The van der Waals surface area contributed by atoms with Gasteiger partial charge in [-0.15, -0.1) is 11.3 Å². The summed E-state index contributed by atoms with van der Waals surface area (Å²) in [6, 6.07) is 2.32. The zero-order valence-corrected chi connectivity index (χ0v) is 17.0. The molecule has 1 atom stereocenters. The molecule has 7 nitrogen and oxygen atoms in total. The van der Waals surface area contributed by atoms with Crippen molar-refractivity contribution in [3.05, 3.63) is 23.5 Å². The van der Waals surface area contributed by atoms with Crippen LogP contribution in [-0.2, 0) is 4.74 Å². The van der Waals surface area contributed by atoms with Crippen LogP contribution in [0.25, 0.3) is 21.3 Å². The normalized spacial score (nSPS) is 21.1. The second kappa shape index (κ2) is 8.05. The van der Waals surface area contributed by atoms with Crippen LogP contribution in [0, 0.1) is 5.92 Å². The molecule has 1 saturated carbocycles. The summed E-state index contributed by atoms with van der Waals surface area (Å²) in [7, 11) is 0. The summed E-state index contributed by atoms with van der Waals surface area (Å²) in [5.74, 6) is 1.17. The number of aromatic nitrogens is 3. The number of carbonyl (C=O) groups is 1. The first-order valence-electron chi connectivity index (χ1n) is 9.91. The fourth-order valence-electron chi connectivity index (χ4n) is 4.18. The van der Waals surface area contributed by atoms with E-state index in [-0.39, 0.29) is 6.09 Å². The number of ether oxygens (including phenoxy) is 1. The minimum absolute atomic E-state index is 0.293. The lowest BCUT2D eigenvalue weighted by Gasteiger charge is -2.31. The molecule has 0 saturated heterocycles. The summed E-state index contributed by atoms with van der Waals surface area (Å²) in [6.07, 6.45) is 4.87. The molecule has 0 radical (unpaired) electrons. The number of thiophene rings is 1. The molecular weight excluding hydrogens is 376 g/mol. The summed E-state index contributed by atoms with van der Waals surface area (Å²) < 4.78 is 8.31. The van der Waals surface area contributed by atoms with E-state index >= 15 is 0 Å². The van der Waals surface area contributed by atoms with Crippen molar-refractivity contribution in [2.75, 3.05) is 13.2 Å². The molecule has 0 bridgehead atoms. The first-order chi connectivity index (χ1) is 13.6. The summed E-state index contributed by atoms with van der Waals surface area (Å²) in [4.78, 5) is 20.7. The number of nitrogens with zero attached hydrogens (tertiary/aromatic N) is 3. The average Bonchev–Trinajstić information content (AvgIpc) is 3.31. The molecule has 1 aliphatic carbocycles. The first-order valence-corrected chi connectivity index (χ1v) is 10.8. The Bertz CT molecular complexity index is 973. The van der Waals surface area contributed by atoms with Crippen molar-refractivity contribution < 1.29 is 14.6 Å². The van der Waals surface area contributed by atoms with Gasteiger partial charge in [-0.25, -0.2) is 9.78 Å². The van der Waals surface area contributed by atoms with Crippen molar-refractivity contribution >= 4 is 38.7 Å². The van der Waals surface area contributed by atoms with E-state index in [0.717, 1.165) is 46.9 Å². The van der Waals surface area contributed by atoms with Crippen molar-refractivity contribution in [1.82, 2.24) is 19.9 Å². The molecule has 28 heavy (non-hydrogen) atoms. The van der Waals surface area contributed by atoms with Crippen LogP contribution in [0.4, 0.5) is 4.79 Å². The van der Waals surface area contributed by atoms with E-state index in [1.54, 1.807) is 25.2 Å². The van der Waals surface area contributed by atoms with E-state index in [1.165, 1.54) is 0 Å². The Labute approximate surface area is 167 Å². The van der Waals surface area contributed by atoms with Gasteiger partial charge < -0.3 is 19.7 Å². The number of amides is 1. The fraction of sp³-hybridized carbons (Fsp3) is 0.550. The topological polar surface area (TPSA) is 89.3 Å². The number of carbonyl (C=O) groups excluding carboxylic acids is 1. The van der Waals surface area contributed by atoms with Gasteiger partial charge in [0.2, 0.25) is 0 Å². The van der Waals surface area contributed by atoms with Gasteiger partial charge in [-0.05, 0) is 56.9 Å². The summed E-state index contributed by atoms with van der Waals surface area (Å²) >= 11 is 1.67. The number of pyridine rings is 1. The molecule has 0 aliphatic heterocycles. The maximum Gasteiger partial charge on any atom is 0.407 e. The highest BCUT2D eigenvalue weighted by atomic mass is 32.1. The van der Waals surface area contributed by atoms with Crippen LogP contribution in [0.2, 0.25) is 0 Å². The van der Waals surface area contributed by atoms with E-state index in [2.05, 4.69) is 20.2 Å². The van der Waals surface area contributed by atoms with E-state index in [4.69, 9.17) is 9.72 Å². The van der Waals surface area contributed by atoms with Gasteiger partial charge in [0.15, 0.2) is 0 Å². The molecular formula is C20H26N4O3S. The van der Waals surface area contributed by atoms with Crippen LogP contribution < -0.4 is 5.32 Å². The third kappa shape index (κ3) is 3.58. The molecule has 1 aliphatic rings. The van der Waals surface area contributed by atoms with Gasteiger partial charge in [-0.2, -0.15) is 0 Å². The number of hydrogen-bond donors (Lipinski definition) is 2. The van der Waals surface area contributed by atoms with Crippen LogP contribution in [0.3, 0.4) is 0 Å². The van der Waals surface area contributed by atoms with Crippen LogP contribution >= 0.6 is 11.3 Å². The van der Waals surface area contributed by atoms with Crippen LogP contribution in [0.15, 0.2) is 17.6 Å². The maximum atomic E-state index is 11.5. The lowest BCUT2D eigenvalue weighted by atomic mass is 9.85. The molecule has 2 N–H and O–H groups in total. The third-order valence-corrected chi connectivity index (χ3v) is 6.43. The van der Waals surface area contributed by atoms with Gasteiger partial charge in [0.1, 0.15) is 17.4 Å². The smallest absolute Gasteiger partial charge is 0.407 e. The Hall–Kier alpha value is -2.19. The molecule has 3 aromatic heterocycles. The van der Waals surface area contributed by atoms with Gasteiger partial charge in [0, 0.05) is 12.6 Å². The van der Waals surface area contributed by atoms with Crippen LogP contribution in [-0.4, -0.2) is 38.9 Å². The zero-order valence-electron chi connectivity index (χ0n) is 16.2. The number of aliphatic hydroxyl groups is 1. The molecule has 3 heterocycles. The summed E-state index contributed by atoms with van der Waals surface area (Å²) in [5.41, 5.74) is 2.91. The zero-order chi connectivity index (χ0) is 19.7. The van der Waals surface area contributed by atoms with Crippen molar-refractivity contribution in [3.63, 3.8) is 0 Å². The van der Waals surface area contributed by atoms with Crippen molar-refractivity contribution in [3.8, 4) is 0 Å². The van der Waals surface area contributed by atoms with Gasteiger partial charge in [0.25, 0.3) is 0 Å². The van der Waals surface area contributed by atoms with Gasteiger partial charge >= 0.3 is 6.09 Å². The largest absolute Gasteiger partial charge is 0.450 e. The summed E-state index contributed by atoms with van der Waals surface area (Å²) in [5, 5.41) is 15.3. The Morgan fingerprint density at radius 1 is 1.39 bits per heavy atom. The third-order valence-electron chi connectivity index (χ3n) is 5.52. The Balaban J connectivity index is 1.57. The lowest BCUT2D eigenvalue weighted by molar-refractivity contribution is 0.147. The molecule has 4 rings (SSSR count). The van der Waals surface area contributed by atoms with Crippen LogP contribution in [0.1, 0.15) is 57.5 Å². The summed E-state index contributed by atoms with van der Waals surface area (Å²) in [6.45, 7) is 4.62. The predicted octanol–water partition coefficient (Wildman–Crippen LogP) is 4.18. The highest BCUT2D eigenvalue weighted by Gasteiger charge is 2.28. The monoisotopic (exact) mass is 402 g/mol. The minimum Gasteiger partial charge on any atom is -0.450 e. The SMILES string of the molecule is CCOC(=O)NCC1CCC(n2c(C(C)O)nc3cnc4ccsc4c32)CC1. The molecule has 8 heteroatoms. The molecule has 1 fully saturated rings. The van der Waals surface area contributed by atoms with E-state index in [0.29, 0.717) is 30.9 Å². The molecule has 0 aromatic carbocycles. The fourth-order valence-corrected chi connectivity index (χ4v) is 5.07. The number of alkyl carbamates (subject to hydrolysis) is 1. The number of nitrogens with one attached hydrogen (secondary N) is 1. The van der Waals surface area contributed by atoms with Gasteiger partial charge in [-0.3, -0.25) is 4.98 Å². The number of imidazole rings is 1. The molecule has 3 aromatic rings. The number of fused-ring (bicyclic) bond motifs is 3. The Morgan fingerprint density at radius 3 is 2.89 bits per heavy atom. The lowest BCUT2D eigenvalue weighted by Crippen LogP contribution is -2.32. The predicted molar refractivity (Wildman–Crippen MR) is 110 cm³/mol. The molecule has 150 valence electrons. The molecule has 1 unspecified atom stereocenters. The number of aliphatic hydroxyl groups excluding tert-OH is 1. The van der Waals surface area contributed by atoms with Crippen molar-refractivity contribution in [2.24, 2.45) is 5.92 Å². The second-order valence-electron chi connectivity index (χ2n) is 7.42. The second-order valence-corrected chi connectivity index (χ2v) is 8.34. The maximum absolute atomic E-state index is 11.5. The standard InChI is InChI=1S/C20H26N4O3S/c1-3-27-20(26)22-10-13-4-6-14(7-5-13)24-17-16(23-19(24)12(2)25)11-21-15-8-9-28-18(15)17/h8-9,11-14,25H,3-7,10H2,1-2H3,(H,22,26). The van der Waals surface area contributed by atoms with Gasteiger partial charge in [-0.1, -0.05) is 0 Å². The Kier molecular flexibility index (Phi) is 5.50. The quantitative estimate of drug-likeness (QED) is 0.668. The minimum atomic E-state index is -0.634. The molecule has 0 spiro atoms. The highest BCUT2D eigenvalue weighted by Crippen LogP contribution is 2.39. The van der Waals surface area contributed by atoms with E-state index < -0.39 is 6.10 Å². The Morgan fingerprint density at radius 2 is 2.18 bits per heavy atom. The first kappa shape index (κ1) is 19.1. The molecule has 1 amide bonds. The highest BCUT2D eigenvalue weighted by molar-refractivity contribution is 7.18. The van der Waals surface area contributed by atoms with Crippen LogP contribution in [0.5, 0.6) is 0 Å². The van der Waals surface area contributed by atoms with Crippen molar-refractivity contribution in [1.29, 1.82) is 0 Å². The van der Waals surface area contributed by atoms with Gasteiger partial charge in [0.05, 0.1) is 28.5 Å². The average molecular weight is 403 g/mol. The van der Waals surface area contributed by atoms with Crippen molar-refractivity contribution in [2.45, 2.75) is 51.7 Å². The number of hydrogen-bond acceptors (Lipinski definition) is 6. The van der Waals surface area contributed by atoms with E-state index in [9.17, 15) is 9.90 Å². The van der Waals surface area contributed by atoms with E-state index in [1.807, 2.05) is 12.3 Å².